The molecule has 0 saturated carbocycles. The van der Waals surface area contributed by atoms with Gasteiger partial charge < -0.3 is 9.67 Å². The molecule has 2 aromatic rings. The maximum atomic E-state index is 14.2. The number of rotatable bonds is 20. The second-order valence-electron chi connectivity index (χ2n) is 9.67. The summed E-state index contributed by atoms with van der Waals surface area (Å²) in [4.78, 5) is 0. The molecule has 0 aliphatic rings. The highest BCUT2D eigenvalue weighted by atomic mass is 19.1. The van der Waals surface area contributed by atoms with Crippen LogP contribution in [0.2, 0.25) is 0 Å². The number of aliphatic hydroxyl groups excluding tert-OH is 1. The zero-order chi connectivity index (χ0) is 23.7. The number of nitrogens with one attached hydrogen (secondary N) is 1. The van der Waals surface area contributed by atoms with E-state index < -0.39 is 6.23 Å². The van der Waals surface area contributed by atoms with Gasteiger partial charge in [0.05, 0.1) is 5.52 Å². The molecule has 1 heterocycles. The molecular formula is C29H49FN2O. The minimum Gasteiger partial charge on any atom is -0.374 e. The molecule has 0 fully saturated rings. The van der Waals surface area contributed by atoms with E-state index in [1.165, 1.54) is 102 Å². The lowest BCUT2D eigenvalue weighted by atomic mass is 10.0. The van der Waals surface area contributed by atoms with Crippen LogP contribution in [0.25, 0.3) is 10.9 Å². The molecule has 0 bridgehead atoms. The van der Waals surface area contributed by atoms with Crippen LogP contribution in [0.4, 0.5) is 4.39 Å². The SMILES string of the molecule is CCCCCCCCCCCCCCCCCCNC(O)c1cn(CC)c2c(F)cccc12. The van der Waals surface area contributed by atoms with Crippen molar-refractivity contribution < 1.29 is 9.50 Å². The zero-order valence-corrected chi connectivity index (χ0v) is 21.4. The van der Waals surface area contributed by atoms with Crippen LogP contribution in [-0.4, -0.2) is 16.2 Å². The number of para-hydroxylation sites is 1. The molecule has 0 amide bonds. The van der Waals surface area contributed by atoms with Gasteiger partial charge in [-0.05, 0) is 26.0 Å². The first kappa shape index (κ1) is 27.9. The number of unbranched alkanes of at least 4 members (excludes halogenated alkanes) is 15. The van der Waals surface area contributed by atoms with Gasteiger partial charge in [0.15, 0.2) is 0 Å². The lowest BCUT2D eigenvalue weighted by molar-refractivity contribution is 0.140. The van der Waals surface area contributed by atoms with Crippen molar-refractivity contribution in [3.63, 3.8) is 0 Å². The number of aryl methyl sites for hydroxylation is 1. The summed E-state index contributed by atoms with van der Waals surface area (Å²) in [6.07, 6.45) is 22.9. The van der Waals surface area contributed by atoms with E-state index in [4.69, 9.17) is 0 Å². The maximum Gasteiger partial charge on any atom is 0.147 e. The van der Waals surface area contributed by atoms with Gasteiger partial charge >= 0.3 is 0 Å². The molecular weight excluding hydrogens is 411 g/mol. The molecule has 2 rings (SSSR count). The Bertz CT molecular complexity index is 757. The average Bonchev–Trinajstić information content (AvgIpc) is 3.21. The fourth-order valence-corrected chi connectivity index (χ4v) is 4.83. The molecule has 4 heteroatoms. The topological polar surface area (TPSA) is 37.2 Å². The Balaban J connectivity index is 1.45. The Kier molecular flexibility index (Phi) is 14.4. The van der Waals surface area contributed by atoms with Gasteiger partial charge in [0.2, 0.25) is 0 Å². The quantitative estimate of drug-likeness (QED) is 0.153. The van der Waals surface area contributed by atoms with Crippen molar-refractivity contribution in [1.29, 1.82) is 0 Å². The van der Waals surface area contributed by atoms with Crippen molar-refractivity contribution >= 4 is 10.9 Å². The first-order valence-corrected chi connectivity index (χ1v) is 13.9. The van der Waals surface area contributed by atoms with E-state index in [0.717, 1.165) is 23.9 Å². The second kappa shape index (κ2) is 17.1. The summed E-state index contributed by atoms with van der Waals surface area (Å²) in [6, 6.07) is 5.08. The summed E-state index contributed by atoms with van der Waals surface area (Å²) >= 11 is 0. The maximum absolute atomic E-state index is 14.2. The third-order valence-electron chi connectivity index (χ3n) is 6.88. The first-order valence-electron chi connectivity index (χ1n) is 13.9. The smallest absolute Gasteiger partial charge is 0.147 e. The molecule has 33 heavy (non-hydrogen) atoms. The number of aliphatic hydroxyl groups is 1. The van der Waals surface area contributed by atoms with Gasteiger partial charge in [0.25, 0.3) is 0 Å². The second-order valence-corrected chi connectivity index (χ2v) is 9.67. The lowest BCUT2D eigenvalue weighted by Gasteiger charge is -2.12. The summed E-state index contributed by atoms with van der Waals surface area (Å²) in [5, 5.41) is 14.6. The van der Waals surface area contributed by atoms with Gasteiger partial charge in [-0.15, -0.1) is 0 Å². The molecule has 1 aromatic heterocycles. The molecule has 1 unspecified atom stereocenters. The molecule has 2 N–H and O–H groups in total. The van der Waals surface area contributed by atoms with Crippen molar-refractivity contribution in [2.24, 2.45) is 0 Å². The number of aromatic nitrogens is 1. The van der Waals surface area contributed by atoms with Gasteiger partial charge in [-0.1, -0.05) is 115 Å². The van der Waals surface area contributed by atoms with Gasteiger partial charge in [-0.25, -0.2) is 4.39 Å². The molecule has 1 atom stereocenters. The molecule has 0 radical (unpaired) electrons. The van der Waals surface area contributed by atoms with Crippen molar-refractivity contribution in [3.8, 4) is 0 Å². The molecule has 0 aliphatic carbocycles. The first-order chi connectivity index (χ1) is 16.2. The Morgan fingerprint density at radius 3 is 1.82 bits per heavy atom. The Morgan fingerprint density at radius 1 is 0.788 bits per heavy atom. The third-order valence-corrected chi connectivity index (χ3v) is 6.88. The third kappa shape index (κ3) is 10.2. The van der Waals surface area contributed by atoms with Gasteiger partial charge in [-0.2, -0.15) is 0 Å². The summed E-state index contributed by atoms with van der Waals surface area (Å²) in [7, 11) is 0. The predicted octanol–water partition coefficient (Wildman–Crippen LogP) is 8.64. The van der Waals surface area contributed by atoms with Crippen LogP contribution in [0.15, 0.2) is 24.4 Å². The lowest BCUT2D eigenvalue weighted by Crippen LogP contribution is -2.21. The standard InChI is InChI=1S/C29H49FN2O/c1-3-5-6-7-8-9-10-11-12-13-14-15-16-17-18-19-23-31-29(33)26-24-32(4-2)28-25(26)21-20-22-27(28)30/h20-22,24,29,31,33H,3-19,23H2,1-2H3. The largest absolute Gasteiger partial charge is 0.374 e. The van der Waals surface area contributed by atoms with Crippen LogP contribution < -0.4 is 5.32 Å². The van der Waals surface area contributed by atoms with Crippen LogP contribution >= 0.6 is 0 Å². The van der Waals surface area contributed by atoms with Crippen LogP contribution in [0.3, 0.4) is 0 Å². The molecule has 188 valence electrons. The summed E-state index contributed by atoms with van der Waals surface area (Å²) in [6.45, 7) is 5.74. The van der Waals surface area contributed by atoms with E-state index in [-0.39, 0.29) is 5.82 Å². The average molecular weight is 461 g/mol. The molecule has 0 aliphatic heterocycles. The summed E-state index contributed by atoms with van der Waals surface area (Å²) in [5.41, 5.74) is 1.35. The highest BCUT2D eigenvalue weighted by molar-refractivity contribution is 5.84. The Labute approximate surface area is 202 Å². The minimum atomic E-state index is -0.751. The van der Waals surface area contributed by atoms with Crippen LogP contribution in [0.5, 0.6) is 0 Å². The van der Waals surface area contributed by atoms with Crippen LogP contribution in [0.1, 0.15) is 128 Å². The van der Waals surface area contributed by atoms with E-state index in [1.54, 1.807) is 6.07 Å². The number of nitrogens with zero attached hydrogens (tertiary/aromatic N) is 1. The molecule has 1 aromatic carbocycles. The summed E-state index contributed by atoms with van der Waals surface area (Å²) in [5.74, 6) is -0.231. The number of halogens is 1. The highest BCUT2D eigenvalue weighted by Gasteiger charge is 2.16. The number of fused-ring (bicyclic) bond motifs is 1. The zero-order valence-electron chi connectivity index (χ0n) is 21.4. The number of hydrogen-bond donors (Lipinski definition) is 2. The fourth-order valence-electron chi connectivity index (χ4n) is 4.83. The van der Waals surface area contributed by atoms with Gasteiger partial charge in [0.1, 0.15) is 12.0 Å². The van der Waals surface area contributed by atoms with Crippen molar-refractivity contribution in [3.05, 3.63) is 35.8 Å². The van der Waals surface area contributed by atoms with E-state index in [0.29, 0.717) is 12.1 Å². The van der Waals surface area contributed by atoms with Crippen molar-refractivity contribution in [2.45, 2.75) is 129 Å². The van der Waals surface area contributed by atoms with E-state index in [1.807, 2.05) is 23.8 Å². The van der Waals surface area contributed by atoms with Crippen molar-refractivity contribution in [2.75, 3.05) is 6.54 Å². The van der Waals surface area contributed by atoms with E-state index in [9.17, 15) is 9.50 Å². The van der Waals surface area contributed by atoms with Crippen LogP contribution in [0, 0.1) is 5.82 Å². The molecule has 3 nitrogen and oxygen atoms in total. The fraction of sp³-hybridized carbons (Fsp3) is 0.724. The Hall–Kier alpha value is -1.39. The molecule has 0 saturated heterocycles. The van der Waals surface area contributed by atoms with Gasteiger partial charge in [-0.3, -0.25) is 5.32 Å². The number of hydrogen-bond acceptors (Lipinski definition) is 2. The van der Waals surface area contributed by atoms with Crippen molar-refractivity contribution in [1.82, 2.24) is 9.88 Å². The monoisotopic (exact) mass is 460 g/mol. The van der Waals surface area contributed by atoms with Crippen LogP contribution in [-0.2, 0) is 6.54 Å². The van der Waals surface area contributed by atoms with Gasteiger partial charge in [0, 0.05) is 23.7 Å². The minimum absolute atomic E-state index is 0.231. The van der Waals surface area contributed by atoms with E-state index in [2.05, 4.69) is 12.2 Å². The normalized spacial score (nSPS) is 12.6. The predicted molar refractivity (Wildman–Crippen MR) is 140 cm³/mol. The number of benzene rings is 1. The van der Waals surface area contributed by atoms with E-state index >= 15 is 0 Å². The summed E-state index contributed by atoms with van der Waals surface area (Å²) < 4.78 is 16.1. The molecule has 0 spiro atoms. The Morgan fingerprint density at radius 2 is 1.30 bits per heavy atom. The highest BCUT2D eigenvalue weighted by Crippen LogP contribution is 2.27.